The number of nitrogen functional groups attached to an aromatic ring is 1. The SMILES string of the molecule is CC(C)NC(=O)c1ccc(F)c(-c2ccc(N)c(C(=O)Cc3cnccc3N3CCCC(C)(N)C3)n2)c1. The maximum absolute atomic E-state index is 14.8. The second kappa shape index (κ2) is 10.6. The number of hydrogen-bond acceptors (Lipinski definition) is 7. The van der Waals surface area contributed by atoms with Gasteiger partial charge in [0.25, 0.3) is 5.91 Å². The zero-order chi connectivity index (χ0) is 26.7. The third-order valence-electron chi connectivity index (χ3n) is 6.41. The molecule has 5 N–H and O–H groups in total. The molecule has 0 aliphatic carbocycles. The van der Waals surface area contributed by atoms with Crippen LogP contribution in [0, 0.1) is 5.82 Å². The summed E-state index contributed by atoms with van der Waals surface area (Å²) in [4.78, 5) is 36.7. The van der Waals surface area contributed by atoms with Crippen molar-refractivity contribution in [3.05, 3.63) is 71.4 Å². The standard InChI is InChI=1S/C28H33FN6O2/c1-17(2)33-27(37)18-5-6-21(29)20(13-18)23-8-7-22(30)26(34-23)25(36)14-19-15-32-11-9-24(19)35-12-4-10-28(3,31)16-35/h5-9,11,13,15,17H,4,10,12,14,16,30-31H2,1-3H3,(H,33,37). The van der Waals surface area contributed by atoms with E-state index in [-0.39, 0.29) is 52.3 Å². The Labute approximate surface area is 216 Å². The van der Waals surface area contributed by atoms with Gasteiger partial charge in [-0.1, -0.05) is 0 Å². The summed E-state index contributed by atoms with van der Waals surface area (Å²) in [5.41, 5.74) is 14.7. The van der Waals surface area contributed by atoms with Crippen LogP contribution in [0.2, 0.25) is 0 Å². The number of hydrogen-bond donors (Lipinski definition) is 3. The number of carbonyl (C=O) groups excluding carboxylic acids is 2. The molecule has 194 valence electrons. The molecule has 0 saturated carbocycles. The van der Waals surface area contributed by atoms with Gasteiger partial charge in [0.15, 0.2) is 5.78 Å². The zero-order valence-corrected chi connectivity index (χ0v) is 21.4. The highest BCUT2D eigenvalue weighted by molar-refractivity contribution is 6.01. The van der Waals surface area contributed by atoms with Crippen molar-refractivity contribution >= 4 is 23.1 Å². The molecular formula is C28H33FN6O2. The Morgan fingerprint density at radius 2 is 2.00 bits per heavy atom. The molecule has 2 aromatic heterocycles. The minimum atomic E-state index is -0.554. The number of amides is 1. The number of benzene rings is 1. The van der Waals surface area contributed by atoms with Crippen LogP contribution in [0.4, 0.5) is 15.8 Å². The predicted octanol–water partition coefficient (Wildman–Crippen LogP) is 3.75. The Kier molecular flexibility index (Phi) is 7.54. The van der Waals surface area contributed by atoms with Crippen LogP contribution in [0.3, 0.4) is 0 Å². The van der Waals surface area contributed by atoms with Crippen LogP contribution in [-0.4, -0.2) is 46.3 Å². The van der Waals surface area contributed by atoms with Crippen LogP contribution in [0.15, 0.2) is 48.8 Å². The van der Waals surface area contributed by atoms with Gasteiger partial charge in [0.2, 0.25) is 0 Å². The molecule has 1 amide bonds. The van der Waals surface area contributed by atoms with Gasteiger partial charge < -0.3 is 21.7 Å². The highest BCUT2D eigenvalue weighted by atomic mass is 19.1. The summed E-state index contributed by atoms with van der Waals surface area (Å²) in [6.45, 7) is 7.23. The molecule has 4 rings (SSSR count). The van der Waals surface area contributed by atoms with Crippen molar-refractivity contribution < 1.29 is 14.0 Å². The van der Waals surface area contributed by atoms with Gasteiger partial charge in [-0.15, -0.1) is 0 Å². The second-order valence-electron chi connectivity index (χ2n) is 10.2. The maximum atomic E-state index is 14.8. The van der Waals surface area contributed by atoms with E-state index in [1.165, 1.54) is 24.3 Å². The number of Topliss-reactive ketones (excluding diaryl/α,β-unsaturated/α-hetero) is 1. The Morgan fingerprint density at radius 3 is 2.73 bits per heavy atom. The monoisotopic (exact) mass is 504 g/mol. The summed E-state index contributed by atoms with van der Waals surface area (Å²) in [6, 6.07) is 8.96. The fourth-order valence-electron chi connectivity index (χ4n) is 4.65. The minimum absolute atomic E-state index is 0.0287. The Balaban J connectivity index is 1.63. The van der Waals surface area contributed by atoms with Crippen LogP contribution in [0.1, 0.15) is 60.0 Å². The molecule has 1 saturated heterocycles. The third-order valence-corrected chi connectivity index (χ3v) is 6.41. The van der Waals surface area contributed by atoms with Crippen LogP contribution in [-0.2, 0) is 6.42 Å². The summed E-state index contributed by atoms with van der Waals surface area (Å²) in [5.74, 6) is -1.19. The first-order valence-electron chi connectivity index (χ1n) is 12.4. The van der Waals surface area contributed by atoms with E-state index in [1.807, 2.05) is 26.8 Å². The molecule has 0 radical (unpaired) electrons. The van der Waals surface area contributed by atoms with Crippen molar-refractivity contribution in [1.82, 2.24) is 15.3 Å². The number of nitrogens with zero attached hydrogens (tertiary/aromatic N) is 3. The Hall–Kier alpha value is -3.85. The molecule has 0 bridgehead atoms. The van der Waals surface area contributed by atoms with Gasteiger partial charge in [0.05, 0.1) is 11.4 Å². The number of aromatic nitrogens is 2. The lowest BCUT2D eigenvalue weighted by atomic mass is 9.91. The average molecular weight is 505 g/mol. The number of ketones is 1. The van der Waals surface area contributed by atoms with Gasteiger partial charge in [0, 0.05) is 65.9 Å². The lowest BCUT2D eigenvalue weighted by Gasteiger charge is -2.39. The quantitative estimate of drug-likeness (QED) is 0.418. The molecule has 3 aromatic rings. The van der Waals surface area contributed by atoms with Crippen LogP contribution >= 0.6 is 0 Å². The Morgan fingerprint density at radius 1 is 1.22 bits per heavy atom. The molecule has 1 aliphatic rings. The van der Waals surface area contributed by atoms with Crippen molar-refractivity contribution in [3.63, 3.8) is 0 Å². The second-order valence-corrected chi connectivity index (χ2v) is 10.2. The third kappa shape index (κ3) is 6.11. The van der Waals surface area contributed by atoms with E-state index in [2.05, 4.69) is 20.2 Å². The summed E-state index contributed by atoms with van der Waals surface area (Å²) >= 11 is 0. The van der Waals surface area contributed by atoms with Gasteiger partial charge in [-0.2, -0.15) is 0 Å². The molecule has 1 atom stereocenters. The van der Waals surface area contributed by atoms with E-state index in [1.54, 1.807) is 18.5 Å². The Bertz CT molecular complexity index is 1320. The van der Waals surface area contributed by atoms with Crippen molar-refractivity contribution in [2.75, 3.05) is 23.7 Å². The first-order valence-corrected chi connectivity index (χ1v) is 12.4. The van der Waals surface area contributed by atoms with Gasteiger partial charge in [0.1, 0.15) is 11.5 Å². The number of carbonyl (C=O) groups is 2. The average Bonchev–Trinajstić information content (AvgIpc) is 2.84. The molecule has 8 nitrogen and oxygen atoms in total. The van der Waals surface area contributed by atoms with Crippen LogP contribution < -0.4 is 21.7 Å². The summed E-state index contributed by atoms with van der Waals surface area (Å²) < 4.78 is 14.8. The van der Waals surface area contributed by atoms with Gasteiger partial charge in [-0.25, -0.2) is 9.37 Å². The number of halogens is 1. The first-order chi connectivity index (χ1) is 17.5. The fourth-order valence-corrected chi connectivity index (χ4v) is 4.65. The molecule has 1 aliphatic heterocycles. The fraction of sp³-hybridized carbons (Fsp3) is 0.357. The largest absolute Gasteiger partial charge is 0.397 e. The predicted molar refractivity (Wildman–Crippen MR) is 143 cm³/mol. The first kappa shape index (κ1) is 26.2. The van der Waals surface area contributed by atoms with Crippen molar-refractivity contribution in [2.45, 2.75) is 51.6 Å². The number of anilines is 2. The minimum Gasteiger partial charge on any atom is -0.397 e. The zero-order valence-electron chi connectivity index (χ0n) is 21.4. The van der Waals surface area contributed by atoms with E-state index in [4.69, 9.17) is 11.5 Å². The van der Waals surface area contributed by atoms with E-state index in [0.717, 1.165) is 30.6 Å². The smallest absolute Gasteiger partial charge is 0.251 e. The molecule has 0 spiro atoms. The van der Waals surface area contributed by atoms with Gasteiger partial charge in [-0.3, -0.25) is 14.6 Å². The normalized spacial score (nSPS) is 17.6. The summed E-state index contributed by atoms with van der Waals surface area (Å²) in [6.07, 6.45) is 5.30. The maximum Gasteiger partial charge on any atom is 0.251 e. The topological polar surface area (TPSA) is 127 Å². The lowest BCUT2D eigenvalue weighted by Crippen LogP contribution is -2.52. The highest BCUT2D eigenvalue weighted by Gasteiger charge is 2.28. The number of nitrogens with two attached hydrogens (primary N) is 2. The molecule has 3 heterocycles. The lowest BCUT2D eigenvalue weighted by molar-refractivity contribution is 0.0941. The summed E-state index contributed by atoms with van der Waals surface area (Å²) in [5, 5.41) is 2.79. The van der Waals surface area contributed by atoms with Crippen LogP contribution in [0.5, 0.6) is 0 Å². The van der Waals surface area contributed by atoms with E-state index < -0.39 is 5.82 Å². The van der Waals surface area contributed by atoms with Crippen molar-refractivity contribution in [3.8, 4) is 11.3 Å². The van der Waals surface area contributed by atoms with Gasteiger partial charge in [-0.05, 0) is 70.0 Å². The van der Waals surface area contributed by atoms with Gasteiger partial charge >= 0.3 is 0 Å². The molecule has 1 fully saturated rings. The molecular weight excluding hydrogens is 471 g/mol. The molecule has 1 unspecified atom stereocenters. The number of piperidine rings is 1. The van der Waals surface area contributed by atoms with E-state index in [9.17, 15) is 14.0 Å². The molecule has 1 aromatic carbocycles. The number of rotatable bonds is 7. The van der Waals surface area contributed by atoms with Crippen LogP contribution in [0.25, 0.3) is 11.3 Å². The molecule has 9 heteroatoms. The van der Waals surface area contributed by atoms with E-state index >= 15 is 0 Å². The van der Waals surface area contributed by atoms with Crippen molar-refractivity contribution in [2.24, 2.45) is 5.73 Å². The highest BCUT2D eigenvalue weighted by Crippen LogP contribution is 2.29. The molecule has 37 heavy (non-hydrogen) atoms. The number of pyridine rings is 2. The number of nitrogens with one attached hydrogen (secondary N) is 1. The van der Waals surface area contributed by atoms with E-state index in [0.29, 0.717) is 12.1 Å². The van der Waals surface area contributed by atoms with Crippen molar-refractivity contribution in [1.29, 1.82) is 0 Å². The summed E-state index contributed by atoms with van der Waals surface area (Å²) in [7, 11) is 0.